The van der Waals surface area contributed by atoms with E-state index in [1.165, 1.54) is 38.5 Å². The van der Waals surface area contributed by atoms with Crippen molar-refractivity contribution in [2.24, 2.45) is 0 Å². The Morgan fingerprint density at radius 1 is 1.04 bits per heavy atom. The summed E-state index contributed by atoms with van der Waals surface area (Å²) in [5, 5.41) is 0. The maximum absolute atomic E-state index is 12.2. The van der Waals surface area contributed by atoms with Gasteiger partial charge in [0.15, 0.2) is 0 Å². The first-order valence-corrected chi connectivity index (χ1v) is 13.2. The highest BCUT2D eigenvalue weighted by molar-refractivity contribution is 6.66. The summed E-state index contributed by atoms with van der Waals surface area (Å²) >= 11 is 0. The van der Waals surface area contributed by atoms with Gasteiger partial charge in [0.05, 0.1) is 12.7 Å². The fourth-order valence-corrected chi connectivity index (χ4v) is 5.73. The van der Waals surface area contributed by atoms with Crippen molar-refractivity contribution in [3.05, 3.63) is 0 Å². The molecule has 5 nitrogen and oxygen atoms in total. The van der Waals surface area contributed by atoms with Gasteiger partial charge in [0.2, 0.25) is 5.91 Å². The van der Waals surface area contributed by atoms with E-state index in [-0.39, 0.29) is 5.91 Å². The highest BCUT2D eigenvalue weighted by atomic mass is 28.4. The van der Waals surface area contributed by atoms with E-state index in [9.17, 15) is 4.79 Å². The number of amides is 1. The molecule has 6 heteroatoms. The average Bonchev–Trinajstić information content (AvgIpc) is 3.41. The lowest BCUT2D eigenvalue weighted by molar-refractivity contribution is -0.130. The predicted molar refractivity (Wildman–Crippen MR) is 109 cm³/mol. The van der Waals surface area contributed by atoms with Gasteiger partial charge in [0.25, 0.3) is 0 Å². The van der Waals surface area contributed by atoms with Crippen molar-refractivity contribution in [3.63, 3.8) is 0 Å². The van der Waals surface area contributed by atoms with Gasteiger partial charge in [-0.15, -0.1) is 0 Å². The van der Waals surface area contributed by atoms with Crippen LogP contribution in [0.3, 0.4) is 0 Å². The van der Waals surface area contributed by atoms with Crippen LogP contribution in [0, 0.1) is 0 Å². The SMILES string of the molecule is CCO[Si](C)(CCCN(C)C(=O)CCCCCCCCC1CO1)OCC. The van der Waals surface area contributed by atoms with E-state index in [4.69, 9.17) is 13.6 Å². The molecule has 0 bridgehead atoms. The molecular formula is C20H41NO4Si. The summed E-state index contributed by atoms with van der Waals surface area (Å²) in [5.74, 6) is 0.270. The fraction of sp³-hybridized carbons (Fsp3) is 0.950. The fourth-order valence-electron chi connectivity index (χ4n) is 3.34. The molecule has 1 unspecified atom stereocenters. The number of ether oxygens (including phenoxy) is 1. The van der Waals surface area contributed by atoms with E-state index in [0.717, 1.165) is 32.0 Å². The smallest absolute Gasteiger partial charge is 0.334 e. The van der Waals surface area contributed by atoms with Crippen LogP contribution in [-0.2, 0) is 18.4 Å². The second kappa shape index (κ2) is 13.7. The minimum atomic E-state index is -2.05. The van der Waals surface area contributed by atoms with Gasteiger partial charge in [0.1, 0.15) is 0 Å². The van der Waals surface area contributed by atoms with Crippen LogP contribution in [0.25, 0.3) is 0 Å². The van der Waals surface area contributed by atoms with Crippen molar-refractivity contribution < 1.29 is 18.4 Å². The van der Waals surface area contributed by atoms with E-state index >= 15 is 0 Å². The van der Waals surface area contributed by atoms with E-state index in [1.54, 1.807) is 0 Å². The third kappa shape index (κ3) is 11.3. The van der Waals surface area contributed by atoms with Gasteiger partial charge < -0.3 is 18.5 Å². The maximum Gasteiger partial charge on any atom is 0.334 e. The van der Waals surface area contributed by atoms with E-state index in [0.29, 0.717) is 25.7 Å². The molecule has 0 N–H and O–H groups in total. The normalized spacial score (nSPS) is 16.7. The quantitative estimate of drug-likeness (QED) is 0.209. The number of hydrogen-bond donors (Lipinski definition) is 0. The first-order chi connectivity index (χ1) is 12.5. The molecular weight excluding hydrogens is 346 g/mol. The second-order valence-corrected chi connectivity index (χ2v) is 10.9. The second-order valence-electron chi connectivity index (χ2n) is 7.53. The van der Waals surface area contributed by atoms with Crippen LogP contribution in [0.4, 0.5) is 0 Å². The largest absolute Gasteiger partial charge is 0.395 e. The molecule has 1 rings (SSSR count). The van der Waals surface area contributed by atoms with Gasteiger partial charge in [0, 0.05) is 33.2 Å². The van der Waals surface area contributed by atoms with Crippen LogP contribution in [-0.4, -0.2) is 58.9 Å². The summed E-state index contributed by atoms with van der Waals surface area (Å²) in [5.41, 5.74) is 0. The Kier molecular flexibility index (Phi) is 12.4. The third-order valence-corrected chi connectivity index (χ3v) is 8.08. The highest BCUT2D eigenvalue weighted by Gasteiger charge is 2.30. The zero-order chi connectivity index (χ0) is 19.3. The van der Waals surface area contributed by atoms with E-state index in [1.807, 2.05) is 25.8 Å². The van der Waals surface area contributed by atoms with Gasteiger partial charge in [-0.2, -0.15) is 0 Å². The lowest BCUT2D eigenvalue weighted by atomic mass is 10.1. The minimum Gasteiger partial charge on any atom is -0.395 e. The van der Waals surface area contributed by atoms with Crippen LogP contribution >= 0.6 is 0 Å². The molecule has 26 heavy (non-hydrogen) atoms. The summed E-state index contributed by atoms with van der Waals surface area (Å²) < 4.78 is 16.9. The van der Waals surface area contributed by atoms with Crippen LogP contribution < -0.4 is 0 Å². The molecule has 0 saturated carbocycles. The van der Waals surface area contributed by atoms with Crippen molar-refractivity contribution >= 4 is 14.5 Å². The molecule has 1 aliphatic rings. The van der Waals surface area contributed by atoms with Gasteiger partial charge in [-0.3, -0.25) is 4.79 Å². The van der Waals surface area contributed by atoms with Crippen LogP contribution in [0.5, 0.6) is 0 Å². The van der Waals surface area contributed by atoms with Gasteiger partial charge in [-0.25, -0.2) is 0 Å². The highest BCUT2D eigenvalue weighted by Crippen LogP contribution is 2.18. The Bertz CT molecular complexity index is 371. The van der Waals surface area contributed by atoms with Crippen LogP contribution in [0.1, 0.15) is 71.6 Å². The monoisotopic (exact) mass is 387 g/mol. The Morgan fingerprint density at radius 2 is 1.62 bits per heavy atom. The Morgan fingerprint density at radius 3 is 2.19 bits per heavy atom. The summed E-state index contributed by atoms with van der Waals surface area (Å²) in [6.07, 6.45) is 10.7. The van der Waals surface area contributed by atoms with E-state index in [2.05, 4.69) is 6.55 Å². The first kappa shape index (κ1) is 23.6. The van der Waals surface area contributed by atoms with Crippen LogP contribution in [0.2, 0.25) is 12.6 Å². The number of carbonyl (C=O) groups excluding carboxylic acids is 1. The third-order valence-electron chi connectivity index (χ3n) is 5.02. The molecule has 0 aromatic rings. The molecule has 1 aliphatic heterocycles. The molecule has 0 aromatic carbocycles. The lowest BCUT2D eigenvalue weighted by Crippen LogP contribution is -2.39. The predicted octanol–water partition coefficient (Wildman–Crippen LogP) is 4.50. The van der Waals surface area contributed by atoms with Crippen LogP contribution in [0.15, 0.2) is 0 Å². The van der Waals surface area contributed by atoms with Gasteiger partial charge in [-0.1, -0.05) is 32.1 Å². The topological polar surface area (TPSA) is 51.3 Å². The Labute approximate surface area is 162 Å². The number of rotatable bonds is 17. The lowest BCUT2D eigenvalue weighted by Gasteiger charge is -2.27. The standard InChI is InChI=1S/C20H41NO4Si/c1-5-24-26(4,25-6-2)17-13-16-21(3)20(22)15-12-10-8-7-9-11-14-19-18-23-19/h19H,5-18H2,1-4H3. The molecule has 154 valence electrons. The molecule has 1 heterocycles. The van der Waals surface area contributed by atoms with Crippen molar-refractivity contribution in [2.75, 3.05) is 33.4 Å². The molecule has 1 atom stereocenters. The molecule has 0 aromatic heterocycles. The summed E-state index contributed by atoms with van der Waals surface area (Å²) in [7, 11) is -0.128. The number of unbranched alkanes of at least 4 members (excludes halogenated alkanes) is 5. The van der Waals surface area contributed by atoms with E-state index < -0.39 is 8.56 Å². The Hall–Kier alpha value is -0.433. The molecule has 0 spiro atoms. The summed E-state index contributed by atoms with van der Waals surface area (Å²) in [4.78, 5) is 14.1. The molecule has 0 radical (unpaired) electrons. The number of hydrogen-bond acceptors (Lipinski definition) is 4. The zero-order valence-corrected chi connectivity index (χ0v) is 18.6. The average molecular weight is 388 g/mol. The minimum absolute atomic E-state index is 0.270. The Balaban J connectivity index is 2.01. The summed E-state index contributed by atoms with van der Waals surface area (Å²) in [6, 6.07) is 0.943. The number of epoxide rings is 1. The van der Waals surface area contributed by atoms with Crippen molar-refractivity contribution in [1.82, 2.24) is 4.90 Å². The molecule has 0 aliphatic carbocycles. The van der Waals surface area contributed by atoms with Gasteiger partial charge >= 0.3 is 8.56 Å². The van der Waals surface area contributed by atoms with Crippen molar-refractivity contribution in [3.8, 4) is 0 Å². The summed E-state index contributed by atoms with van der Waals surface area (Å²) in [6.45, 7) is 9.33. The molecule has 1 saturated heterocycles. The van der Waals surface area contributed by atoms with Gasteiger partial charge in [-0.05, 0) is 45.7 Å². The maximum atomic E-state index is 12.2. The van der Waals surface area contributed by atoms with Crippen molar-refractivity contribution in [1.29, 1.82) is 0 Å². The van der Waals surface area contributed by atoms with Crippen molar-refractivity contribution in [2.45, 2.75) is 90.3 Å². The first-order valence-electron chi connectivity index (χ1n) is 10.6. The molecule has 1 fully saturated rings. The number of nitrogens with zero attached hydrogens (tertiary/aromatic N) is 1. The molecule has 1 amide bonds. The number of carbonyl (C=O) groups is 1. The zero-order valence-electron chi connectivity index (χ0n) is 17.6.